The molecule has 2 aromatic carbocycles. The van der Waals surface area contributed by atoms with E-state index in [1.54, 1.807) is 42.5 Å². The van der Waals surface area contributed by atoms with Crippen LogP contribution in [0.25, 0.3) is 0 Å². The Hall–Kier alpha value is -3.46. The zero-order valence-electron chi connectivity index (χ0n) is 15.1. The molecule has 2 N–H and O–H groups in total. The number of benzene rings is 2. The Morgan fingerprint density at radius 2 is 1.67 bits per heavy atom. The third-order valence-corrected chi connectivity index (χ3v) is 3.96. The molecule has 0 unspecified atom stereocenters. The lowest BCUT2D eigenvalue weighted by atomic mass is 10.0. The monoisotopic (exact) mass is 363 g/mol. The van der Waals surface area contributed by atoms with E-state index < -0.39 is 0 Å². The highest BCUT2D eigenvalue weighted by atomic mass is 16.2. The van der Waals surface area contributed by atoms with Crippen LogP contribution < -0.4 is 10.6 Å². The second-order valence-corrected chi connectivity index (χ2v) is 6.11. The number of para-hydroxylation sites is 1. The molecule has 0 aliphatic rings. The van der Waals surface area contributed by atoms with Crippen LogP contribution >= 0.6 is 0 Å². The third-order valence-electron chi connectivity index (χ3n) is 3.96. The zero-order valence-corrected chi connectivity index (χ0v) is 15.1. The van der Waals surface area contributed by atoms with Gasteiger partial charge >= 0.3 is 0 Å². The van der Waals surface area contributed by atoms with Crippen LogP contribution in [0.5, 0.6) is 0 Å². The van der Waals surface area contributed by atoms with E-state index in [1.807, 2.05) is 19.1 Å². The van der Waals surface area contributed by atoms with Crippen LogP contribution in [0.1, 0.15) is 40.7 Å². The first kappa shape index (κ1) is 19.9. The molecule has 0 aliphatic heterocycles. The lowest BCUT2D eigenvalue weighted by Gasteiger charge is -2.11. The van der Waals surface area contributed by atoms with Gasteiger partial charge in [-0.25, -0.2) is 0 Å². The number of nitrogens with one attached hydrogen (secondary N) is 2. The fourth-order valence-electron chi connectivity index (χ4n) is 2.45. The number of ketones is 1. The zero-order chi connectivity index (χ0) is 19.6. The maximum atomic E-state index is 12.2. The number of hydrogen-bond donors (Lipinski definition) is 2. The standard InChI is InChI=1S/C21H21N3O3/c1-15-6-8-16(9-7-15)19(25)10-11-21(27)24-18-5-3-2-4-17(18)14-23-20(26)12-13-22/h2-9H,10-12,14H2,1H3,(H,23,26)(H,24,27). The van der Waals surface area contributed by atoms with Crippen molar-refractivity contribution in [1.82, 2.24) is 5.32 Å². The van der Waals surface area contributed by atoms with E-state index in [1.165, 1.54) is 0 Å². The highest BCUT2D eigenvalue weighted by Gasteiger charge is 2.11. The van der Waals surface area contributed by atoms with E-state index in [9.17, 15) is 14.4 Å². The lowest BCUT2D eigenvalue weighted by molar-refractivity contribution is -0.120. The van der Waals surface area contributed by atoms with Crippen LogP contribution in [0.3, 0.4) is 0 Å². The quantitative estimate of drug-likeness (QED) is 0.704. The number of anilines is 1. The van der Waals surface area contributed by atoms with E-state index in [4.69, 9.17) is 5.26 Å². The predicted molar refractivity (Wildman–Crippen MR) is 102 cm³/mol. The summed E-state index contributed by atoms with van der Waals surface area (Å²) in [6.07, 6.45) is -0.0204. The minimum absolute atomic E-state index is 0.0713. The molecular formula is C21H21N3O3. The average Bonchev–Trinajstić information content (AvgIpc) is 2.66. The lowest BCUT2D eigenvalue weighted by Crippen LogP contribution is -2.23. The maximum Gasteiger partial charge on any atom is 0.234 e. The summed E-state index contributed by atoms with van der Waals surface area (Å²) < 4.78 is 0. The summed E-state index contributed by atoms with van der Waals surface area (Å²) >= 11 is 0. The van der Waals surface area contributed by atoms with Crippen LogP contribution in [0.2, 0.25) is 0 Å². The van der Waals surface area contributed by atoms with Gasteiger partial charge in [-0.1, -0.05) is 48.0 Å². The molecule has 0 spiro atoms. The molecule has 6 heteroatoms. The highest BCUT2D eigenvalue weighted by molar-refractivity contribution is 6.00. The molecule has 2 amide bonds. The molecule has 0 saturated carbocycles. The van der Waals surface area contributed by atoms with Gasteiger partial charge in [-0.15, -0.1) is 0 Å². The molecule has 0 heterocycles. The van der Waals surface area contributed by atoms with Gasteiger partial charge in [0, 0.05) is 30.6 Å². The SMILES string of the molecule is Cc1ccc(C(=O)CCC(=O)Nc2ccccc2CNC(=O)CC#N)cc1. The minimum Gasteiger partial charge on any atom is -0.351 e. The van der Waals surface area contributed by atoms with Gasteiger partial charge in [0.15, 0.2) is 5.78 Å². The number of carbonyl (C=O) groups excluding carboxylic acids is 3. The van der Waals surface area contributed by atoms with Crippen molar-refractivity contribution < 1.29 is 14.4 Å². The Kier molecular flexibility index (Phi) is 7.26. The summed E-state index contributed by atoms with van der Waals surface area (Å²) in [6.45, 7) is 2.15. The molecule has 0 atom stereocenters. The van der Waals surface area contributed by atoms with Crippen molar-refractivity contribution in [3.63, 3.8) is 0 Å². The number of amides is 2. The fourth-order valence-corrected chi connectivity index (χ4v) is 2.45. The topological polar surface area (TPSA) is 99.1 Å². The number of hydrogen-bond acceptors (Lipinski definition) is 4. The number of carbonyl (C=O) groups is 3. The molecule has 2 rings (SSSR count). The summed E-state index contributed by atoms with van der Waals surface area (Å²) in [4.78, 5) is 35.8. The molecular weight excluding hydrogens is 342 g/mol. The summed E-state index contributed by atoms with van der Waals surface area (Å²) in [6, 6.07) is 16.1. The van der Waals surface area contributed by atoms with E-state index in [0.29, 0.717) is 11.3 Å². The van der Waals surface area contributed by atoms with Gasteiger partial charge in [-0.3, -0.25) is 14.4 Å². The van der Waals surface area contributed by atoms with Crippen molar-refractivity contribution in [2.75, 3.05) is 5.32 Å². The van der Waals surface area contributed by atoms with Crippen LogP contribution in [0, 0.1) is 18.3 Å². The number of aryl methyl sites for hydroxylation is 1. The molecule has 0 radical (unpaired) electrons. The Balaban J connectivity index is 1.90. The smallest absolute Gasteiger partial charge is 0.234 e. The molecule has 0 bridgehead atoms. The second kappa shape index (κ2) is 9.88. The van der Waals surface area contributed by atoms with Gasteiger partial charge in [0.2, 0.25) is 11.8 Å². The van der Waals surface area contributed by atoms with Gasteiger partial charge in [0.25, 0.3) is 0 Å². The first-order valence-corrected chi connectivity index (χ1v) is 8.61. The number of nitrogens with zero attached hydrogens (tertiary/aromatic N) is 1. The Morgan fingerprint density at radius 1 is 0.963 bits per heavy atom. The predicted octanol–water partition coefficient (Wildman–Crippen LogP) is 3.13. The van der Waals surface area contributed by atoms with Gasteiger partial charge in [0.1, 0.15) is 6.42 Å². The molecule has 0 aliphatic carbocycles. The first-order chi connectivity index (χ1) is 13.0. The van der Waals surface area contributed by atoms with Crippen molar-refractivity contribution >= 4 is 23.3 Å². The summed E-state index contributed by atoms with van der Waals surface area (Å²) in [5.41, 5.74) is 2.96. The van der Waals surface area contributed by atoms with Crippen LogP contribution in [0.4, 0.5) is 5.69 Å². The molecule has 138 valence electrons. The van der Waals surface area contributed by atoms with Crippen molar-refractivity contribution in [3.8, 4) is 6.07 Å². The third kappa shape index (κ3) is 6.40. The Morgan fingerprint density at radius 3 is 2.37 bits per heavy atom. The van der Waals surface area contributed by atoms with Crippen molar-refractivity contribution in [2.45, 2.75) is 32.7 Å². The second-order valence-electron chi connectivity index (χ2n) is 6.11. The summed E-state index contributed by atoms with van der Waals surface area (Å²) in [5, 5.41) is 13.9. The summed E-state index contributed by atoms with van der Waals surface area (Å²) in [5.74, 6) is -0.726. The molecule has 0 saturated heterocycles. The average molecular weight is 363 g/mol. The van der Waals surface area contributed by atoms with Crippen LogP contribution in [0.15, 0.2) is 48.5 Å². The largest absolute Gasteiger partial charge is 0.351 e. The van der Waals surface area contributed by atoms with Crippen molar-refractivity contribution in [1.29, 1.82) is 5.26 Å². The molecule has 0 aromatic heterocycles. The van der Waals surface area contributed by atoms with E-state index in [-0.39, 0.29) is 43.4 Å². The normalized spacial score (nSPS) is 9.93. The van der Waals surface area contributed by atoms with E-state index >= 15 is 0 Å². The highest BCUT2D eigenvalue weighted by Crippen LogP contribution is 2.16. The fraction of sp³-hybridized carbons (Fsp3) is 0.238. The number of nitriles is 1. The first-order valence-electron chi connectivity index (χ1n) is 8.61. The van der Waals surface area contributed by atoms with Gasteiger partial charge in [-0.05, 0) is 18.6 Å². The molecule has 27 heavy (non-hydrogen) atoms. The number of Topliss-reactive ketones (excluding diaryl/α,β-unsaturated/α-hetero) is 1. The number of rotatable bonds is 8. The maximum absolute atomic E-state index is 12.2. The summed E-state index contributed by atoms with van der Waals surface area (Å²) in [7, 11) is 0. The van der Waals surface area contributed by atoms with Gasteiger partial charge in [0.05, 0.1) is 6.07 Å². The molecule has 2 aromatic rings. The molecule has 6 nitrogen and oxygen atoms in total. The van der Waals surface area contributed by atoms with Gasteiger partial charge in [-0.2, -0.15) is 5.26 Å². The Labute approximate surface area is 158 Å². The van der Waals surface area contributed by atoms with Crippen LogP contribution in [-0.2, 0) is 16.1 Å². The van der Waals surface area contributed by atoms with Crippen LogP contribution in [-0.4, -0.2) is 17.6 Å². The van der Waals surface area contributed by atoms with Gasteiger partial charge < -0.3 is 10.6 Å². The Bertz CT molecular complexity index is 867. The van der Waals surface area contributed by atoms with E-state index in [2.05, 4.69) is 10.6 Å². The van der Waals surface area contributed by atoms with E-state index in [0.717, 1.165) is 11.1 Å². The molecule has 0 fully saturated rings. The van der Waals surface area contributed by atoms with Crippen molar-refractivity contribution in [2.24, 2.45) is 0 Å². The van der Waals surface area contributed by atoms with Crippen molar-refractivity contribution in [3.05, 3.63) is 65.2 Å². The minimum atomic E-state index is -0.373.